The van der Waals surface area contributed by atoms with Crippen LogP contribution in [-0.2, 0) is 0 Å². The number of carbonyl (C=O) groups excluding carboxylic acids is 1. The van der Waals surface area contributed by atoms with Gasteiger partial charge in [-0.2, -0.15) is 5.10 Å². The summed E-state index contributed by atoms with van der Waals surface area (Å²) in [7, 11) is 0. The molecule has 3 N–H and O–H groups in total. The Balaban J connectivity index is 2.46. The molecule has 76 valence electrons. The molecule has 2 rings (SSSR count). The number of pyridine rings is 1. The number of aromatic amines is 1. The highest BCUT2D eigenvalue weighted by atomic mass is 79.9. The normalized spacial score (nSPS) is 10.2. The Morgan fingerprint density at radius 1 is 1.53 bits per heavy atom. The fraction of sp³-hybridized carbons (Fsp3) is 0. The molecular formula is C9H7BrN4O. The zero-order valence-electron chi connectivity index (χ0n) is 7.57. The van der Waals surface area contributed by atoms with E-state index >= 15 is 0 Å². The van der Waals surface area contributed by atoms with Crippen molar-refractivity contribution in [2.24, 2.45) is 5.73 Å². The summed E-state index contributed by atoms with van der Waals surface area (Å²) in [4.78, 5) is 15.0. The number of nitrogens with one attached hydrogen (secondary N) is 1. The fourth-order valence-corrected chi connectivity index (χ4v) is 1.60. The Bertz CT molecular complexity index is 508. The molecule has 15 heavy (non-hydrogen) atoms. The number of primary amides is 1. The molecule has 5 nitrogen and oxygen atoms in total. The van der Waals surface area contributed by atoms with Gasteiger partial charge in [-0.3, -0.25) is 14.9 Å². The van der Waals surface area contributed by atoms with E-state index in [0.717, 1.165) is 4.47 Å². The molecule has 0 unspecified atom stereocenters. The Kier molecular flexibility index (Phi) is 2.51. The highest BCUT2D eigenvalue weighted by Crippen LogP contribution is 2.23. The van der Waals surface area contributed by atoms with Crippen molar-refractivity contribution in [3.63, 3.8) is 0 Å². The van der Waals surface area contributed by atoms with Crippen LogP contribution in [0.15, 0.2) is 28.9 Å². The highest BCUT2D eigenvalue weighted by molar-refractivity contribution is 9.10. The van der Waals surface area contributed by atoms with E-state index in [9.17, 15) is 4.79 Å². The minimum Gasteiger partial charge on any atom is -0.364 e. The Hall–Kier alpha value is -1.69. The van der Waals surface area contributed by atoms with E-state index in [2.05, 4.69) is 31.1 Å². The second kappa shape index (κ2) is 3.82. The van der Waals surface area contributed by atoms with E-state index in [0.29, 0.717) is 11.4 Å². The minimum atomic E-state index is -0.541. The van der Waals surface area contributed by atoms with Crippen LogP contribution < -0.4 is 5.73 Å². The first-order valence-electron chi connectivity index (χ1n) is 4.14. The van der Waals surface area contributed by atoms with Gasteiger partial charge in [0.05, 0.1) is 0 Å². The maximum Gasteiger partial charge on any atom is 0.266 e. The first-order valence-corrected chi connectivity index (χ1v) is 4.94. The number of carbonyl (C=O) groups is 1. The van der Waals surface area contributed by atoms with Crippen LogP contribution in [0.25, 0.3) is 11.4 Å². The summed E-state index contributed by atoms with van der Waals surface area (Å²) >= 11 is 3.35. The van der Waals surface area contributed by atoms with Crippen LogP contribution in [0.4, 0.5) is 0 Å². The van der Waals surface area contributed by atoms with E-state index < -0.39 is 5.91 Å². The monoisotopic (exact) mass is 266 g/mol. The number of hydrogen-bond donors (Lipinski definition) is 2. The molecule has 0 atom stereocenters. The summed E-state index contributed by atoms with van der Waals surface area (Å²) in [6.45, 7) is 0. The number of nitrogens with two attached hydrogens (primary N) is 1. The van der Waals surface area contributed by atoms with Crippen molar-refractivity contribution in [3.05, 3.63) is 34.6 Å². The maximum absolute atomic E-state index is 10.8. The largest absolute Gasteiger partial charge is 0.364 e. The SMILES string of the molecule is NC(=O)c1cc(-c2ncccc2Br)n[nH]1. The van der Waals surface area contributed by atoms with Gasteiger partial charge in [0.1, 0.15) is 17.1 Å². The lowest BCUT2D eigenvalue weighted by Gasteiger charge is -1.96. The van der Waals surface area contributed by atoms with E-state index in [1.54, 1.807) is 18.3 Å². The van der Waals surface area contributed by atoms with Crippen molar-refractivity contribution in [2.75, 3.05) is 0 Å². The molecule has 0 fully saturated rings. The van der Waals surface area contributed by atoms with Gasteiger partial charge in [0.25, 0.3) is 5.91 Å². The highest BCUT2D eigenvalue weighted by Gasteiger charge is 2.10. The van der Waals surface area contributed by atoms with Gasteiger partial charge in [-0.05, 0) is 34.1 Å². The average molecular weight is 267 g/mol. The first kappa shape index (κ1) is 9.85. The maximum atomic E-state index is 10.8. The third-order valence-electron chi connectivity index (χ3n) is 1.84. The summed E-state index contributed by atoms with van der Waals surface area (Å²) in [6.07, 6.45) is 1.65. The standard InChI is InChI=1S/C9H7BrN4O/c10-5-2-1-3-12-8(5)6-4-7(9(11)15)14-13-6/h1-4H,(H2,11,15)(H,13,14). The molecule has 6 heteroatoms. The predicted molar refractivity (Wildman–Crippen MR) is 58.0 cm³/mol. The fourth-order valence-electron chi connectivity index (χ4n) is 1.14. The van der Waals surface area contributed by atoms with Crippen LogP contribution in [0, 0.1) is 0 Å². The summed E-state index contributed by atoms with van der Waals surface area (Å²) in [6, 6.07) is 5.21. The molecule has 0 spiro atoms. The number of rotatable bonds is 2. The second-order valence-electron chi connectivity index (χ2n) is 2.86. The van der Waals surface area contributed by atoms with Gasteiger partial charge in [-0.1, -0.05) is 0 Å². The van der Waals surface area contributed by atoms with E-state index in [4.69, 9.17) is 5.73 Å². The van der Waals surface area contributed by atoms with E-state index in [1.807, 2.05) is 6.07 Å². The van der Waals surface area contributed by atoms with E-state index in [-0.39, 0.29) is 5.69 Å². The second-order valence-corrected chi connectivity index (χ2v) is 3.72. The lowest BCUT2D eigenvalue weighted by molar-refractivity contribution is 0.0995. The molecule has 0 aliphatic heterocycles. The summed E-state index contributed by atoms with van der Waals surface area (Å²) in [5.41, 5.74) is 6.61. The minimum absolute atomic E-state index is 0.266. The zero-order valence-corrected chi connectivity index (χ0v) is 9.15. The van der Waals surface area contributed by atoms with Crippen LogP contribution in [0.5, 0.6) is 0 Å². The molecular weight excluding hydrogens is 260 g/mol. The van der Waals surface area contributed by atoms with Gasteiger partial charge in [0.2, 0.25) is 0 Å². The van der Waals surface area contributed by atoms with Gasteiger partial charge in [-0.25, -0.2) is 0 Å². The van der Waals surface area contributed by atoms with Crippen LogP contribution >= 0.6 is 15.9 Å². The third kappa shape index (κ3) is 1.89. The van der Waals surface area contributed by atoms with Gasteiger partial charge in [0.15, 0.2) is 0 Å². The summed E-state index contributed by atoms with van der Waals surface area (Å²) in [5, 5.41) is 6.50. The summed E-state index contributed by atoms with van der Waals surface area (Å²) < 4.78 is 0.813. The predicted octanol–water partition coefficient (Wildman–Crippen LogP) is 1.33. The van der Waals surface area contributed by atoms with Crippen molar-refractivity contribution in [1.29, 1.82) is 0 Å². The van der Waals surface area contributed by atoms with Gasteiger partial charge < -0.3 is 5.73 Å². The molecule has 0 bridgehead atoms. The Labute approximate surface area is 93.8 Å². The van der Waals surface area contributed by atoms with Crippen molar-refractivity contribution < 1.29 is 4.79 Å². The van der Waals surface area contributed by atoms with Crippen molar-refractivity contribution in [3.8, 4) is 11.4 Å². The topological polar surface area (TPSA) is 84.7 Å². The molecule has 1 amide bonds. The van der Waals surface area contributed by atoms with Crippen LogP contribution in [-0.4, -0.2) is 21.1 Å². The number of aromatic nitrogens is 3. The molecule has 0 radical (unpaired) electrons. The Morgan fingerprint density at radius 3 is 2.93 bits per heavy atom. The van der Waals surface area contributed by atoms with Crippen LogP contribution in [0.1, 0.15) is 10.5 Å². The molecule has 2 heterocycles. The zero-order chi connectivity index (χ0) is 10.8. The van der Waals surface area contributed by atoms with Crippen molar-refractivity contribution in [2.45, 2.75) is 0 Å². The lowest BCUT2D eigenvalue weighted by atomic mass is 10.2. The Morgan fingerprint density at radius 2 is 2.33 bits per heavy atom. The van der Waals surface area contributed by atoms with Crippen molar-refractivity contribution in [1.82, 2.24) is 15.2 Å². The first-order chi connectivity index (χ1) is 7.18. The lowest BCUT2D eigenvalue weighted by Crippen LogP contribution is -2.10. The number of nitrogens with zero attached hydrogens (tertiary/aromatic N) is 2. The molecule has 0 aliphatic rings. The molecule has 0 saturated carbocycles. The van der Waals surface area contributed by atoms with Gasteiger partial charge in [0, 0.05) is 10.7 Å². The number of hydrogen-bond acceptors (Lipinski definition) is 3. The smallest absolute Gasteiger partial charge is 0.266 e. The number of halogens is 1. The van der Waals surface area contributed by atoms with Gasteiger partial charge in [-0.15, -0.1) is 0 Å². The molecule has 2 aromatic rings. The number of H-pyrrole nitrogens is 1. The van der Waals surface area contributed by atoms with Crippen LogP contribution in [0.3, 0.4) is 0 Å². The molecule has 0 aromatic carbocycles. The van der Waals surface area contributed by atoms with Gasteiger partial charge >= 0.3 is 0 Å². The average Bonchev–Trinajstić information content (AvgIpc) is 2.67. The summed E-state index contributed by atoms with van der Waals surface area (Å²) in [5.74, 6) is -0.541. The van der Waals surface area contributed by atoms with E-state index in [1.165, 1.54) is 0 Å². The number of amides is 1. The molecule has 0 saturated heterocycles. The van der Waals surface area contributed by atoms with Crippen LogP contribution in [0.2, 0.25) is 0 Å². The third-order valence-corrected chi connectivity index (χ3v) is 2.48. The molecule has 2 aromatic heterocycles. The quantitative estimate of drug-likeness (QED) is 0.860. The molecule has 0 aliphatic carbocycles. The van der Waals surface area contributed by atoms with Crippen molar-refractivity contribution >= 4 is 21.8 Å².